The Morgan fingerprint density at radius 2 is 1.34 bits per heavy atom. The van der Waals surface area contributed by atoms with Crippen molar-refractivity contribution in [2.75, 3.05) is 19.8 Å². The Morgan fingerprint density at radius 1 is 0.759 bits per heavy atom. The molecule has 11 nitrogen and oxygen atoms in total. The first-order chi connectivity index (χ1) is 13.8. The SMILES string of the molecule is CC/C=C\CCO[C@@H]1O[C@H](CO)[C@@H](O)[C@H](O)[C@H]1O[C@@H]1O[C@H](CO)[C@@H](O)[C@H](O)[C@H]1O. The maximum absolute atomic E-state index is 10.4. The van der Waals surface area contributed by atoms with Gasteiger partial charge >= 0.3 is 0 Å². The van der Waals surface area contributed by atoms with Gasteiger partial charge in [-0.25, -0.2) is 0 Å². The Kier molecular flexibility index (Phi) is 9.85. The molecular weight excluding hydrogens is 392 g/mol. The van der Waals surface area contributed by atoms with Crippen molar-refractivity contribution in [3.8, 4) is 0 Å². The predicted octanol–water partition coefficient (Wildman–Crippen LogP) is -3.02. The fraction of sp³-hybridized carbons (Fsp3) is 0.889. The fourth-order valence-corrected chi connectivity index (χ4v) is 3.21. The molecule has 0 aliphatic carbocycles. The van der Waals surface area contributed by atoms with Crippen LogP contribution in [0.25, 0.3) is 0 Å². The summed E-state index contributed by atoms with van der Waals surface area (Å²) in [6, 6.07) is 0. The molecule has 0 saturated carbocycles. The first kappa shape index (κ1) is 24.6. The van der Waals surface area contributed by atoms with Crippen molar-refractivity contribution in [1.82, 2.24) is 0 Å². The van der Waals surface area contributed by atoms with Crippen molar-refractivity contribution in [3.05, 3.63) is 12.2 Å². The molecule has 0 aromatic carbocycles. The predicted molar refractivity (Wildman–Crippen MR) is 96.4 cm³/mol. The van der Waals surface area contributed by atoms with E-state index in [1.165, 1.54) is 0 Å². The molecule has 29 heavy (non-hydrogen) atoms. The molecule has 0 aromatic heterocycles. The molecule has 0 bridgehead atoms. The summed E-state index contributed by atoms with van der Waals surface area (Å²) in [5.41, 5.74) is 0. The van der Waals surface area contributed by atoms with E-state index in [1.807, 2.05) is 19.1 Å². The van der Waals surface area contributed by atoms with Crippen LogP contribution in [0.3, 0.4) is 0 Å². The Labute approximate surface area is 168 Å². The van der Waals surface area contributed by atoms with Crippen LogP contribution in [0.1, 0.15) is 19.8 Å². The van der Waals surface area contributed by atoms with Crippen LogP contribution in [0.4, 0.5) is 0 Å². The van der Waals surface area contributed by atoms with E-state index in [-0.39, 0.29) is 6.61 Å². The third kappa shape index (κ3) is 5.93. The number of ether oxygens (including phenoxy) is 4. The number of allylic oxidation sites excluding steroid dienone is 1. The molecule has 0 unspecified atom stereocenters. The summed E-state index contributed by atoms with van der Waals surface area (Å²) in [5, 5.41) is 69.1. The van der Waals surface area contributed by atoms with Gasteiger partial charge in [0.2, 0.25) is 0 Å². The zero-order valence-corrected chi connectivity index (χ0v) is 16.2. The Balaban J connectivity index is 2.10. The monoisotopic (exact) mass is 424 g/mol. The van der Waals surface area contributed by atoms with E-state index >= 15 is 0 Å². The smallest absolute Gasteiger partial charge is 0.187 e. The molecule has 7 N–H and O–H groups in total. The van der Waals surface area contributed by atoms with Crippen LogP contribution in [-0.2, 0) is 18.9 Å². The van der Waals surface area contributed by atoms with Crippen molar-refractivity contribution < 1.29 is 54.7 Å². The van der Waals surface area contributed by atoms with Gasteiger partial charge in [-0.3, -0.25) is 0 Å². The highest BCUT2D eigenvalue weighted by molar-refractivity contribution is 4.93. The van der Waals surface area contributed by atoms with Crippen LogP contribution in [0.2, 0.25) is 0 Å². The normalized spacial score (nSPS) is 43.7. The van der Waals surface area contributed by atoms with E-state index < -0.39 is 74.6 Å². The lowest BCUT2D eigenvalue weighted by molar-refractivity contribution is -0.367. The van der Waals surface area contributed by atoms with Crippen molar-refractivity contribution in [3.63, 3.8) is 0 Å². The lowest BCUT2D eigenvalue weighted by Crippen LogP contribution is -2.64. The number of rotatable bonds is 9. The Morgan fingerprint density at radius 3 is 1.93 bits per heavy atom. The minimum absolute atomic E-state index is 0.191. The van der Waals surface area contributed by atoms with Crippen molar-refractivity contribution in [2.45, 2.75) is 81.2 Å². The average molecular weight is 424 g/mol. The number of hydrogen-bond acceptors (Lipinski definition) is 11. The zero-order chi connectivity index (χ0) is 21.6. The summed E-state index contributed by atoms with van der Waals surface area (Å²) >= 11 is 0. The minimum atomic E-state index is -1.69. The minimum Gasteiger partial charge on any atom is -0.394 e. The highest BCUT2D eigenvalue weighted by Gasteiger charge is 2.50. The first-order valence-corrected chi connectivity index (χ1v) is 9.70. The summed E-state index contributed by atoms with van der Waals surface area (Å²) in [7, 11) is 0. The van der Waals surface area contributed by atoms with Crippen molar-refractivity contribution in [2.24, 2.45) is 0 Å². The Hall–Kier alpha value is -0.700. The van der Waals surface area contributed by atoms with Crippen molar-refractivity contribution in [1.29, 1.82) is 0 Å². The third-order valence-corrected chi connectivity index (χ3v) is 4.93. The first-order valence-electron chi connectivity index (χ1n) is 9.70. The third-order valence-electron chi connectivity index (χ3n) is 4.93. The second-order valence-electron chi connectivity index (χ2n) is 7.04. The molecule has 2 fully saturated rings. The van der Waals surface area contributed by atoms with Crippen LogP contribution in [-0.4, -0.2) is 117 Å². The van der Waals surface area contributed by atoms with Gasteiger partial charge in [-0.1, -0.05) is 19.1 Å². The lowest BCUT2D eigenvalue weighted by atomic mass is 9.97. The van der Waals surface area contributed by atoms with E-state index in [2.05, 4.69) is 0 Å². The average Bonchev–Trinajstić information content (AvgIpc) is 2.72. The molecule has 2 saturated heterocycles. The molecule has 0 amide bonds. The number of aliphatic hydroxyl groups is 7. The van der Waals surface area contributed by atoms with Gasteiger partial charge in [-0.2, -0.15) is 0 Å². The number of hydrogen-bond donors (Lipinski definition) is 7. The molecule has 10 atom stereocenters. The van der Waals surface area contributed by atoms with Crippen LogP contribution in [0.5, 0.6) is 0 Å². The lowest BCUT2D eigenvalue weighted by Gasteiger charge is -2.45. The topological polar surface area (TPSA) is 179 Å². The van der Waals surface area contributed by atoms with E-state index in [4.69, 9.17) is 18.9 Å². The summed E-state index contributed by atoms with van der Waals surface area (Å²) in [6.45, 7) is 0.959. The summed E-state index contributed by atoms with van der Waals surface area (Å²) < 4.78 is 21.9. The van der Waals surface area contributed by atoms with Crippen LogP contribution < -0.4 is 0 Å². The molecule has 2 heterocycles. The standard InChI is InChI=1S/C18H32O11/c1-2-3-4-5-6-26-18-16(14(24)12(22)10(8-20)28-18)29-17-15(25)13(23)11(21)9(7-19)27-17/h3-4,9-25H,2,5-8H2,1H3/b4-3-/t9-,10-,11-,12-,13+,14+,15-,16-,17+,18-/m1/s1. The molecule has 2 aliphatic rings. The maximum atomic E-state index is 10.4. The van der Waals surface area contributed by atoms with Gasteiger partial charge in [0.1, 0.15) is 48.8 Å². The van der Waals surface area contributed by atoms with Gasteiger partial charge in [0.15, 0.2) is 12.6 Å². The summed E-state index contributed by atoms with van der Waals surface area (Å²) in [4.78, 5) is 0. The van der Waals surface area contributed by atoms with E-state index in [0.29, 0.717) is 6.42 Å². The highest BCUT2D eigenvalue weighted by atomic mass is 16.8. The van der Waals surface area contributed by atoms with Crippen LogP contribution >= 0.6 is 0 Å². The number of aliphatic hydroxyl groups excluding tert-OH is 7. The zero-order valence-electron chi connectivity index (χ0n) is 16.2. The van der Waals surface area contributed by atoms with Gasteiger partial charge in [-0.05, 0) is 12.8 Å². The quantitative estimate of drug-likeness (QED) is 0.148. The van der Waals surface area contributed by atoms with E-state index in [1.54, 1.807) is 0 Å². The molecule has 11 heteroatoms. The highest BCUT2D eigenvalue weighted by Crippen LogP contribution is 2.29. The van der Waals surface area contributed by atoms with Crippen molar-refractivity contribution >= 4 is 0 Å². The summed E-state index contributed by atoms with van der Waals surface area (Å²) in [6.07, 6.45) is -9.17. The van der Waals surface area contributed by atoms with Gasteiger partial charge in [-0.15, -0.1) is 0 Å². The van der Waals surface area contributed by atoms with Gasteiger partial charge in [0.25, 0.3) is 0 Å². The second-order valence-corrected chi connectivity index (χ2v) is 7.04. The molecular formula is C18H32O11. The molecule has 170 valence electrons. The molecule has 2 rings (SSSR count). The molecule has 0 aromatic rings. The van der Waals surface area contributed by atoms with Gasteiger partial charge in [0, 0.05) is 0 Å². The fourth-order valence-electron chi connectivity index (χ4n) is 3.21. The Bertz CT molecular complexity index is 502. The van der Waals surface area contributed by atoms with Gasteiger partial charge < -0.3 is 54.7 Å². The van der Waals surface area contributed by atoms with Crippen LogP contribution in [0.15, 0.2) is 12.2 Å². The van der Waals surface area contributed by atoms with Crippen LogP contribution in [0, 0.1) is 0 Å². The van der Waals surface area contributed by atoms with E-state index in [9.17, 15) is 35.7 Å². The summed E-state index contributed by atoms with van der Waals surface area (Å²) in [5.74, 6) is 0. The van der Waals surface area contributed by atoms with E-state index in [0.717, 1.165) is 6.42 Å². The molecule has 0 radical (unpaired) electrons. The molecule has 2 aliphatic heterocycles. The maximum Gasteiger partial charge on any atom is 0.187 e. The molecule has 0 spiro atoms. The largest absolute Gasteiger partial charge is 0.394 e. The van der Waals surface area contributed by atoms with Gasteiger partial charge in [0.05, 0.1) is 19.8 Å². The second kappa shape index (κ2) is 11.6.